The van der Waals surface area contributed by atoms with Crippen molar-refractivity contribution < 1.29 is 14.6 Å². The highest BCUT2D eigenvalue weighted by molar-refractivity contribution is 6.30. The van der Waals surface area contributed by atoms with Crippen LogP contribution in [0.3, 0.4) is 0 Å². The number of hydrogen-bond donors (Lipinski definition) is 2. The Morgan fingerprint density at radius 2 is 1.95 bits per heavy atom. The van der Waals surface area contributed by atoms with Gasteiger partial charge < -0.3 is 15.2 Å². The lowest BCUT2D eigenvalue weighted by Crippen LogP contribution is -2.46. The van der Waals surface area contributed by atoms with E-state index in [2.05, 4.69) is 5.32 Å². The molecule has 0 aliphatic heterocycles. The largest absolute Gasteiger partial charge is 0.481 e. The Hall–Kier alpha value is -1.26. The molecule has 5 heteroatoms. The zero-order chi connectivity index (χ0) is 15.5. The van der Waals surface area contributed by atoms with Gasteiger partial charge in [-0.3, -0.25) is 4.79 Å². The topological polar surface area (TPSA) is 58.6 Å². The number of amides is 1. The van der Waals surface area contributed by atoms with Crippen LogP contribution in [0.1, 0.15) is 46.3 Å². The van der Waals surface area contributed by atoms with Crippen LogP contribution in [0, 0.1) is 0 Å². The number of ether oxygens (including phenoxy) is 1. The van der Waals surface area contributed by atoms with Crippen molar-refractivity contribution in [3.63, 3.8) is 0 Å². The van der Waals surface area contributed by atoms with Crippen LogP contribution in [0.4, 0.5) is 0 Å². The van der Waals surface area contributed by atoms with E-state index in [4.69, 9.17) is 16.3 Å². The average Bonchev–Trinajstić information content (AvgIpc) is 2.28. The fourth-order valence-electron chi connectivity index (χ4n) is 1.67. The molecular weight excluding hydrogens is 278 g/mol. The number of aliphatic hydroxyl groups is 1. The average molecular weight is 300 g/mol. The molecule has 0 fully saturated rings. The van der Waals surface area contributed by atoms with Gasteiger partial charge in [0.1, 0.15) is 5.75 Å². The molecule has 0 saturated heterocycles. The summed E-state index contributed by atoms with van der Waals surface area (Å²) in [6.45, 7) is 9.00. The third kappa shape index (κ3) is 5.02. The van der Waals surface area contributed by atoms with Gasteiger partial charge >= 0.3 is 0 Å². The van der Waals surface area contributed by atoms with Crippen LogP contribution in [0.5, 0.6) is 5.75 Å². The first-order valence-corrected chi connectivity index (χ1v) is 6.94. The van der Waals surface area contributed by atoms with Crippen LogP contribution in [0.2, 0.25) is 5.02 Å². The zero-order valence-electron chi connectivity index (χ0n) is 12.5. The third-order valence-corrected chi connectivity index (χ3v) is 2.83. The molecule has 2 unspecified atom stereocenters. The predicted molar refractivity (Wildman–Crippen MR) is 80.1 cm³/mol. The Bertz CT molecular complexity index is 480. The number of hydrogen-bond acceptors (Lipinski definition) is 3. The van der Waals surface area contributed by atoms with E-state index < -0.39 is 12.2 Å². The maximum Gasteiger partial charge on any atom is 0.261 e. The van der Waals surface area contributed by atoms with Gasteiger partial charge in [-0.05, 0) is 52.8 Å². The van der Waals surface area contributed by atoms with E-state index in [0.29, 0.717) is 16.3 Å². The molecular formula is C15H22ClNO3. The normalized spacial score (nSPS) is 14.6. The van der Waals surface area contributed by atoms with Crippen molar-refractivity contribution in [1.29, 1.82) is 0 Å². The number of nitrogens with one attached hydrogen (secondary N) is 1. The Balaban J connectivity index is 2.85. The van der Waals surface area contributed by atoms with Gasteiger partial charge in [-0.1, -0.05) is 11.6 Å². The zero-order valence-corrected chi connectivity index (χ0v) is 13.3. The third-order valence-electron chi connectivity index (χ3n) is 2.59. The lowest BCUT2D eigenvalue weighted by Gasteiger charge is -2.24. The summed E-state index contributed by atoms with van der Waals surface area (Å²) in [7, 11) is 0. The summed E-state index contributed by atoms with van der Waals surface area (Å²) >= 11 is 5.90. The van der Waals surface area contributed by atoms with E-state index in [1.807, 2.05) is 20.8 Å². The molecule has 1 aromatic carbocycles. The Morgan fingerprint density at radius 1 is 1.35 bits per heavy atom. The Kier molecular flexibility index (Phi) is 5.42. The molecule has 0 bridgehead atoms. The molecule has 2 N–H and O–H groups in total. The van der Waals surface area contributed by atoms with Crippen LogP contribution in [-0.2, 0) is 4.79 Å². The fourth-order valence-corrected chi connectivity index (χ4v) is 1.85. The molecule has 1 aromatic rings. The summed E-state index contributed by atoms with van der Waals surface area (Å²) in [6.07, 6.45) is -1.38. The molecule has 0 saturated carbocycles. The van der Waals surface area contributed by atoms with Crippen molar-refractivity contribution in [3.05, 3.63) is 28.8 Å². The minimum absolute atomic E-state index is 0.205. The van der Waals surface area contributed by atoms with Crippen LogP contribution < -0.4 is 10.1 Å². The molecule has 4 nitrogen and oxygen atoms in total. The number of halogens is 1. The lowest BCUT2D eigenvalue weighted by molar-refractivity contribution is -0.128. The minimum Gasteiger partial charge on any atom is -0.481 e. The summed E-state index contributed by atoms with van der Waals surface area (Å²) in [5.41, 5.74) is 0.245. The highest BCUT2D eigenvalue weighted by atomic mass is 35.5. The molecule has 0 aliphatic rings. The Morgan fingerprint density at radius 3 is 2.45 bits per heavy atom. The number of carbonyl (C=O) groups excluding carboxylic acids is 1. The molecule has 2 atom stereocenters. The second kappa shape index (κ2) is 6.46. The quantitative estimate of drug-likeness (QED) is 0.898. The number of carbonyl (C=O) groups is 1. The molecule has 0 aliphatic carbocycles. The van der Waals surface area contributed by atoms with Crippen molar-refractivity contribution >= 4 is 17.5 Å². The maximum atomic E-state index is 12.0. The predicted octanol–water partition coefficient (Wildman–Crippen LogP) is 3.08. The molecule has 0 spiro atoms. The first-order valence-electron chi connectivity index (χ1n) is 6.56. The standard InChI is InChI=1S/C15H22ClNO3/c1-9(18)12-8-11(16)6-7-13(12)20-10(2)14(19)17-15(3,4)5/h6-10,18H,1-5H3,(H,17,19). The van der Waals surface area contributed by atoms with Gasteiger partial charge in [-0.15, -0.1) is 0 Å². The number of rotatable bonds is 4. The second-order valence-electron chi connectivity index (χ2n) is 5.86. The van der Waals surface area contributed by atoms with E-state index in [-0.39, 0.29) is 11.4 Å². The first kappa shape index (κ1) is 16.8. The van der Waals surface area contributed by atoms with Gasteiger partial charge in [-0.25, -0.2) is 0 Å². The van der Waals surface area contributed by atoms with Gasteiger partial charge in [0.25, 0.3) is 5.91 Å². The summed E-state index contributed by atoms with van der Waals surface area (Å²) in [6, 6.07) is 4.96. The SMILES string of the molecule is CC(Oc1ccc(Cl)cc1C(C)O)C(=O)NC(C)(C)C. The molecule has 20 heavy (non-hydrogen) atoms. The van der Waals surface area contributed by atoms with E-state index >= 15 is 0 Å². The summed E-state index contributed by atoms with van der Waals surface area (Å²) in [5, 5.41) is 13.1. The van der Waals surface area contributed by atoms with E-state index in [1.54, 1.807) is 32.0 Å². The number of benzene rings is 1. The van der Waals surface area contributed by atoms with Crippen molar-refractivity contribution in [2.75, 3.05) is 0 Å². The van der Waals surface area contributed by atoms with Gasteiger partial charge in [0.05, 0.1) is 6.10 Å². The number of aliphatic hydroxyl groups excluding tert-OH is 1. The van der Waals surface area contributed by atoms with Gasteiger partial charge in [0, 0.05) is 16.1 Å². The molecule has 0 aromatic heterocycles. The van der Waals surface area contributed by atoms with Crippen LogP contribution in [0.15, 0.2) is 18.2 Å². The van der Waals surface area contributed by atoms with Crippen molar-refractivity contribution in [2.45, 2.75) is 52.4 Å². The summed E-state index contributed by atoms with van der Waals surface area (Å²) < 4.78 is 5.64. The van der Waals surface area contributed by atoms with E-state index in [0.717, 1.165) is 0 Å². The summed E-state index contributed by atoms with van der Waals surface area (Å²) in [4.78, 5) is 12.0. The second-order valence-corrected chi connectivity index (χ2v) is 6.29. The highest BCUT2D eigenvalue weighted by Crippen LogP contribution is 2.29. The van der Waals surface area contributed by atoms with Gasteiger partial charge in [0.2, 0.25) is 0 Å². The molecule has 112 valence electrons. The van der Waals surface area contributed by atoms with Gasteiger partial charge in [-0.2, -0.15) is 0 Å². The van der Waals surface area contributed by atoms with E-state index in [9.17, 15) is 9.90 Å². The summed E-state index contributed by atoms with van der Waals surface area (Å²) in [5.74, 6) is 0.255. The van der Waals surface area contributed by atoms with E-state index in [1.165, 1.54) is 0 Å². The smallest absolute Gasteiger partial charge is 0.261 e. The minimum atomic E-state index is -0.721. The van der Waals surface area contributed by atoms with Crippen molar-refractivity contribution in [2.24, 2.45) is 0 Å². The highest BCUT2D eigenvalue weighted by Gasteiger charge is 2.22. The monoisotopic (exact) mass is 299 g/mol. The molecule has 1 rings (SSSR count). The molecule has 1 amide bonds. The Labute approximate surface area is 125 Å². The van der Waals surface area contributed by atoms with Crippen molar-refractivity contribution in [1.82, 2.24) is 5.32 Å². The van der Waals surface area contributed by atoms with Crippen molar-refractivity contribution in [3.8, 4) is 5.75 Å². The molecule has 0 radical (unpaired) electrons. The van der Waals surface area contributed by atoms with Crippen LogP contribution in [-0.4, -0.2) is 22.7 Å². The maximum absolute atomic E-state index is 12.0. The van der Waals surface area contributed by atoms with Crippen LogP contribution >= 0.6 is 11.6 Å². The van der Waals surface area contributed by atoms with Crippen LogP contribution in [0.25, 0.3) is 0 Å². The van der Waals surface area contributed by atoms with Gasteiger partial charge in [0.15, 0.2) is 6.10 Å². The lowest BCUT2D eigenvalue weighted by atomic mass is 10.1. The fraction of sp³-hybridized carbons (Fsp3) is 0.533. The molecule has 0 heterocycles. The first-order chi connectivity index (χ1) is 9.10.